The van der Waals surface area contributed by atoms with Crippen molar-refractivity contribution in [3.63, 3.8) is 0 Å². The minimum absolute atomic E-state index is 0.0352. The first-order valence-corrected chi connectivity index (χ1v) is 12.7. The number of likely N-dealkylation sites (N-methyl/N-ethyl adjacent to an activating group) is 1. The highest BCUT2D eigenvalue weighted by Crippen LogP contribution is 2.28. The standard InChI is InChI=1S/C24H32ClN3O6S/c1-16(29)26-20-12-11-18(14-19(20)25)35(33,34)27(5)15-22(30)21(13-17-9-7-6-8-10-17)28(23(31)32)24(2,3)4/h6-12,14,21-22,30H,13,15H2,1-5H3,(H,26,29)(H,31,32)/p-1/t21-,22+/m0/s1. The summed E-state index contributed by atoms with van der Waals surface area (Å²) in [5, 5.41) is 25.7. The first-order valence-electron chi connectivity index (χ1n) is 10.9. The largest absolute Gasteiger partial charge is 0.530 e. The summed E-state index contributed by atoms with van der Waals surface area (Å²) in [5.41, 5.74) is 0.125. The Morgan fingerprint density at radius 2 is 1.74 bits per heavy atom. The molecular weight excluding hydrogens is 494 g/mol. The van der Waals surface area contributed by atoms with Crippen LogP contribution in [0.25, 0.3) is 0 Å². The lowest BCUT2D eigenvalue weighted by Gasteiger charge is -2.46. The summed E-state index contributed by atoms with van der Waals surface area (Å²) in [4.78, 5) is 24.2. The number of carbonyl (C=O) groups excluding carboxylic acids is 2. The van der Waals surface area contributed by atoms with E-state index in [1.54, 1.807) is 45.0 Å². The van der Waals surface area contributed by atoms with Crippen LogP contribution in [0.1, 0.15) is 33.3 Å². The lowest BCUT2D eigenvalue weighted by atomic mass is 9.94. The minimum Gasteiger partial charge on any atom is -0.530 e. The quantitative estimate of drug-likeness (QED) is 0.518. The number of hydrogen-bond donors (Lipinski definition) is 2. The van der Waals surface area contributed by atoms with E-state index in [4.69, 9.17) is 11.6 Å². The number of hydrogen-bond acceptors (Lipinski definition) is 6. The summed E-state index contributed by atoms with van der Waals surface area (Å²) >= 11 is 6.13. The zero-order valence-corrected chi connectivity index (χ0v) is 21.9. The molecule has 9 nitrogen and oxygen atoms in total. The van der Waals surface area contributed by atoms with Gasteiger partial charge in [-0.2, -0.15) is 4.31 Å². The lowest BCUT2D eigenvalue weighted by Crippen LogP contribution is -2.61. The van der Waals surface area contributed by atoms with Crippen LogP contribution in [0.3, 0.4) is 0 Å². The van der Waals surface area contributed by atoms with Crippen LogP contribution in [-0.4, -0.2) is 66.0 Å². The maximum absolute atomic E-state index is 13.2. The minimum atomic E-state index is -4.09. The normalized spacial score (nSPS) is 13.8. The van der Waals surface area contributed by atoms with Gasteiger partial charge < -0.3 is 25.2 Å². The van der Waals surface area contributed by atoms with Crippen molar-refractivity contribution in [1.82, 2.24) is 9.21 Å². The fraction of sp³-hybridized carbons (Fsp3) is 0.417. The number of amides is 2. The number of carboxylic acid groups (broad SMARTS) is 1. The predicted molar refractivity (Wildman–Crippen MR) is 133 cm³/mol. The van der Waals surface area contributed by atoms with Crippen LogP contribution in [0.2, 0.25) is 5.02 Å². The molecule has 2 atom stereocenters. The molecule has 0 fully saturated rings. The molecule has 2 aromatic rings. The van der Waals surface area contributed by atoms with E-state index in [-0.39, 0.29) is 34.5 Å². The topological polar surface area (TPSA) is 130 Å². The second kappa shape index (κ2) is 11.4. The monoisotopic (exact) mass is 524 g/mol. The van der Waals surface area contributed by atoms with Gasteiger partial charge in [0.15, 0.2) is 0 Å². The Labute approximate surface area is 211 Å². The Kier molecular flexibility index (Phi) is 9.29. The first-order chi connectivity index (χ1) is 16.1. The number of sulfonamides is 1. The van der Waals surface area contributed by atoms with Crippen molar-refractivity contribution in [2.24, 2.45) is 0 Å². The van der Waals surface area contributed by atoms with Gasteiger partial charge in [0, 0.05) is 26.1 Å². The van der Waals surface area contributed by atoms with Crippen molar-refractivity contribution in [2.75, 3.05) is 18.9 Å². The molecule has 0 radical (unpaired) electrons. The van der Waals surface area contributed by atoms with Crippen LogP contribution in [0.5, 0.6) is 0 Å². The number of benzene rings is 2. The second-order valence-electron chi connectivity index (χ2n) is 9.24. The highest BCUT2D eigenvalue weighted by Gasteiger charge is 2.36. The Balaban J connectivity index is 2.35. The highest BCUT2D eigenvalue weighted by atomic mass is 35.5. The second-order valence-corrected chi connectivity index (χ2v) is 11.7. The Morgan fingerprint density at radius 1 is 1.14 bits per heavy atom. The maximum Gasteiger partial charge on any atom is 0.242 e. The van der Waals surface area contributed by atoms with Gasteiger partial charge in [0.25, 0.3) is 0 Å². The van der Waals surface area contributed by atoms with Crippen LogP contribution in [0, 0.1) is 0 Å². The number of halogens is 1. The van der Waals surface area contributed by atoms with E-state index in [0.29, 0.717) is 0 Å². The molecule has 192 valence electrons. The number of anilines is 1. The number of rotatable bonds is 9. The van der Waals surface area contributed by atoms with Crippen LogP contribution in [-0.2, 0) is 21.2 Å². The smallest absolute Gasteiger partial charge is 0.242 e. The number of nitrogens with zero attached hydrogens (tertiary/aromatic N) is 2. The number of aliphatic hydroxyl groups excluding tert-OH is 1. The van der Waals surface area contributed by atoms with Gasteiger partial charge in [-0.05, 0) is 51.0 Å². The Hall–Kier alpha value is -2.66. The van der Waals surface area contributed by atoms with Crippen molar-refractivity contribution < 1.29 is 28.2 Å². The van der Waals surface area contributed by atoms with E-state index in [0.717, 1.165) is 14.8 Å². The molecule has 2 aromatic carbocycles. The van der Waals surface area contributed by atoms with E-state index < -0.39 is 33.8 Å². The van der Waals surface area contributed by atoms with Crippen LogP contribution in [0.4, 0.5) is 10.5 Å². The molecule has 0 saturated carbocycles. The van der Waals surface area contributed by atoms with E-state index in [9.17, 15) is 28.2 Å². The molecule has 11 heteroatoms. The molecular formula is C24H31ClN3O6S-. The van der Waals surface area contributed by atoms with Crippen molar-refractivity contribution in [1.29, 1.82) is 0 Å². The molecule has 0 spiro atoms. The van der Waals surface area contributed by atoms with Gasteiger partial charge in [-0.1, -0.05) is 41.9 Å². The average molecular weight is 525 g/mol. The molecule has 2 amide bonds. The van der Waals surface area contributed by atoms with E-state index >= 15 is 0 Å². The molecule has 0 aliphatic carbocycles. The Morgan fingerprint density at radius 3 is 2.23 bits per heavy atom. The Bertz CT molecular complexity index is 1150. The highest BCUT2D eigenvalue weighted by molar-refractivity contribution is 7.89. The third kappa shape index (κ3) is 7.41. The molecule has 2 rings (SSSR count). The van der Waals surface area contributed by atoms with Gasteiger partial charge in [0.2, 0.25) is 15.9 Å². The molecule has 0 bridgehead atoms. The van der Waals surface area contributed by atoms with Gasteiger partial charge in [0.1, 0.15) is 6.09 Å². The molecule has 2 N–H and O–H groups in total. The zero-order chi connectivity index (χ0) is 26.6. The zero-order valence-electron chi connectivity index (χ0n) is 20.4. The summed E-state index contributed by atoms with van der Waals surface area (Å²) in [6.07, 6.45) is -2.69. The molecule has 0 heterocycles. The van der Waals surface area contributed by atoms with Gasteiger partial charge in [-0.15, -0.1) is 0 Å². The lowest BCUT2D eigenvalue weighted by molar-refractivity contribution is -0.275. The summed E-state index contributed by atoms with van der Waals surface area (Å²) < 4.78 is 27.3. The van der Waals surface area contributed by atoms with Crippen LogP contribution in [0.15, 0.2) is 53.4 Å². The van der Waals surface area contributed by atoms with E-state index in [2.05, 4.69) is 5.32 Å². The predicted octanol–water partition coefficient (Wildman–Crippen LogP) is 2.33. The molecule has 35 heavy (non-hydrogen) atoms. The fourth-order valence-electron chi connectivity index (χ4n) is 3.77. The summed E-state index contributed by atoms with van der Waals surface area (Å²) in [5.74, 6) is -0.358. The number of carbonyl (C=O) groups is 2. The van der Waals surface area contributed by atoms with Crippen molar-refractivity contribution in [2.45, 2.75) is 56.7 Å². The van der Waals surface area contributed by atoms with Gasteiger partial charge in [-0.25, -0.2) is 8.42 Å². The molecule has 0 aromatic heterocycles. The third-order valence-corrected chi connectivity index (χ3v) is 7.52. The SMILES string of the molecule is CC(=O)Nc1ccc(S(=O)(=O)N(C)C[C@@H](O)[C@H](Cc2ccccc2)N(C(=O)[O-])C(C)(C)C)cc1Cl. The summed E-state index contributed by atoms with van der Waals surface area (Å²) in [6.45, 7) is 5.94. The van der Waals surface area contributed by atoms with Crippen molar-refractivity contribution in [3.8, 4) is 0 Å². The fourth-order valence-corrected chi connectivity index (χ4v) is 5.28. The van der Waals surface area contributed by atoms with Crippen LogP contribution >= 0.6 is 11.6 Å². The molecule has 0 saturated heterocycles. The van der Waals surface area contributed by atoms with E-state index in [1.165, 1.54) is 32.2 Å². The van der Waals surface area contributed by atoms with Gasteiger partial charge in [-0.3, -0.25) is 4.79 Å². The molecule has 0 unspecified atom stereocenters. The van der Waals surface area contributed by atoms with Crippen molar-refractivity contribution >= 4 is 39.3 Å². The molecule has 0 aliphatic rings. The average Bonchev–Trinajstić information content (AvgIpc) is 2.73. The van der Waals surface area contributed by atoms with E-state index in [1.807, 2.05) is 6.07 Å². The van der Waals surface area contributed by atoms with Crippen LogP contribution < -0.4 is 10.4 Å². The van der Waals surface area contributed by atoms with Gasteiger partial charge in [0.05, 0.1) is 27.8 Å². The third-order valence-electron chi connectivity index (χ3n) is 5.39. The maximum atomic E-state index is 13.2. The molecule has 0 aliphatic heterocycles. The van der Waals surface area contributed by atoms with Gasteiger partial charge >= 0.3 is 0 Å². The summed E-state index contributed by atoms with van der Waals surface area (Å²) in [6, 6.07) is 11.9. The van der Waals surface area contributed by atoms with Crippen molar-refractivity contribution in [3.05, 3.63) is 59.1 Å². The number of aliphatic hydroxyl groups is 1. The first kappa shape index (κ1) is 28.6. The number of nitrogens with one attached hydrogen (secondary N) is 1. The summed E-state index contributed by atoms with van der Waals surface area (Å²) in [7, 11) is -2.81.